The van der Waals surface area contributed by atoms with Gasteiger partial charge in [0.25, 0.3) is 5.91 Å². The van der Waals surface area contributed by atoms with Gasteiger partial charge in [0, 0.05) is 31.9 Å². The Morgan fingerprint density at radius 2 is 1.83 bits per heavy atom. The molecule has 0 unspecified atom stereocenters. The maximum Gasteiger partial charge on any atom is 0.270 e. The minimum Gasteiger partial charge on any atom is -0.347 e. The third-order valence-corrected chi connectivity index (χ3v) is 5.22. The first-order valence-corrected chi connectivity index (χ1v) is 8.46. The van der Waals surface area contributed by atoms with Crippen molar-refractivity contribution >= 4 is 17.5 Å². The lowest BCUT2D eigenvalue weighted by molar-refractivity contribution is -0.120. The number of amides is 2. The lowest BCUT2D eigenvalue weighted by atomic mass is 9.95. The second-order valence-electron chi connectivity index (χ2n) is 6.56. The van der Waals surface area contributed by atoms with Gasteiger partial charge in [-0.1, -0.05) is 18.2 Å². The number of nitrogens with zero attached hydrogens (tertiary/aromatic N) is 3. The molecule has 0 aliphatic carbocycles. The summed E-state index contributed by atoms with van der Waals surface area (Å²) < 4.78 is 1.86. The van der Waals surface area contributed by atoms with Gasteiger partial charge in [0.2, 0.25) is 5.91 Å². The van der Waals surface area contributed by atoms with E-state index >= 15 is 0 Å². The van der Waals surface area contributed by atoms with E-state index in [1.165, 1.54) is 0 Å². The molecule has 24 heavy (non-hydrogen) atoms. The molecule has 0 saturated carbocycles. The molecule has 2 aliphatic heterocycles. The molecule has 1 aromatic heterocycles. The van der Waals surface area contributed by atoms with Crippen LogP contribution < -0.4 is 4.90 Å². The number of hydrogen-bond acceptors (Lipinski definition) is 2. The van der Waals surface area contributed by atoms with Gasteiger partial charge in [-0.25, -0.2) is 0 Å². The number of carbonyl (C=O) groups is 2. The molecule has 2 atom stereocenters. The van der Waals surface area contributed by atoms with Crippen LogP contribution in [0.4, 0.5) is 5.69 Å². The van der Waals surface area contributed by atoms with E-state index in [9.17, 15) is 9.59 Å². The van der Waals surface area contributed by atoms with Gasteiger partial charge in [0.05, 0.1) is 12.1 Å². The van der Waals surface area contributed by atoms with Crippen LogP contribution >= 0.6 is 0 Å². The number of hydrogen-bond donors (Lipinski definition) is 0. The zero-order valence-electron chi connectivity index (χ0n) is 13.8. The zero-order valence-corrected chi connectivity index (χ0v) is 13.8. The summed E-state index contributed by atoms with van der Waals surface area (Å²) in [6.07, 6.45) is 3.97. The van der Waals surface area contributed by atoms with E-state index in [-0.39, 0.29) is 23.9 Å². The number of rotatable bonds is 2. The van der Waals surface area contributed by atoms with Crippen LogP contribution in [0.15, 0.2) is 48.7 Å². The normalized spacial score (nSPS) is 23.5. The van der Waals surface area contributed by atoms with Crippen molar-refractivity contribution in [1.29, 1.82) is 0 Å². The second-order valence-corrected chi connectivity index (χ2v) is 6.56. The number of para-hydroxylation sites is 1. The van der Waals surface area contributed by atoms with Crippen molar-refractivity contribution in [3.8, 4) is 0 Å². The van der Waals surface area contributed by atoms with Crippen LogP contribution in [0.5, 0.6) is 0 Å². The smallest absolute Gasteiger partial charge is 0.270 e. The highest BCUT2D eigenvalue weighted by atomic mass is 16.2. The van der Waals surface area contributed by atoms with Crippen molar-refractivity contribution in [2.75, 3.05) is 11.4 Å². The van der Waals surface area contributed by atoms with Crippen molar-refractivity contribution in [1.82, 2.24) is 9.47 Å². The van der Waals surface area contributed by atoms with Gasteiger partial charge in [-0.15, -0.1) is 0 Å². The summed E-state index contributed by atoms with van der Waals surface area (Å²) in [7, 11) is 1.89. The summed E-state index contributed by atoms with van der Waals surface area (Å²) in [6, 6.07) is 13.7. The van der Waals surface area contributed by atoms with Crippen LogP contribution in [-0.4, -0.2) is 39.9 Å². The van der Waals surface area contributed by atoms with Gasteiger partial charge in [-0.05, 0) is 37.1 Å². The van der Waals surface area contributed by atoms with Gasteiger partial charge >= 0.3 is 0 Å². The van der Waals surface area contributed by atoms with Crippen LogP contribution in [0.25, 0.3) is 0 Å². The number of fused-ring (bicyclic) bond motifs is 1. The number of anilines is 1. The first-order chi connectivity index (χ1) is 11.7. The third-order valence-electron chi connectivity index (χ3n) is 5.22. The molecule has 1 aromatic carbocycles. The molecule has 4 rings (SSSR count). The van der Waals surface area contributed by atoms with E-state index in [1.54, 1.807) is 0 Å². The molecule has 2 fully saturated rings. The van der Waals surface area contributed by atoms with Crippen molar-refractivity contribution < 1.29 is 9.59 Å². The molecule has 2 aliphatic rings. The average molecular weight is 323 g/mol. The maximum atomic E-state index is 12.9. The summed E-state index contributed by atoms with van der Waals surface area (Å²) in [5.41, 5.74) is 1.64. The number of aromatic nitrogens is 1. The SMILES string of the molecule is Cn1cccc1C(=O)N1CC[C@H]2[C@@H]1CCC(=O)N2c1ccccc1. The molecule has 0 spiro atoms. The number of likely N-dealkylation sites (tertiary alicyclic amines) is 1. The number of carbonyl (C=O) groups excluding carboxylic acids is 2. The molecule has 2 aromatic rings. The first-order valence-electron chi connectivity index (χ1n) is 8.46. The third kappa shape index (κ3) is 2.31. The number of aryl methyl sites for hydroxylation is 1. The number of piperidine rings is 1. The first kappa shape index (κ1) is 15.0. The van der Waals surface area contributed by atoms with E-state index in [0.29, 0.717) is 18.7 Å². The van der Waals surface area contributed by atoms with Gasteiger partial charge in [0.15, 0.2) is 0 Å². The Kier molecular flexibility index (Phi) is 3.63. The summed E-state index contributed by atoms with van der Waals surface area (Å²) in [4.78, 5) is 29.3. The average Bonchev–Trinajstić information content (AvgIpc) is 3.21. The van der Waals surface area contributed by atoms with Gasteiger partial charge in [-0.2, -0.15) is 0 Å². The Hall–Kier alpha value is -2.56. The number of benzene rings is 1. The highest BCUT2D eigenvalue weighted by Gasteiger charge is 2.45. The van der Waals surface area contributed by atoms with E-state index in [0.717, 1.165) is 18.5 Å². The molecule has 5 heteroatoms. The molecular formula is C19H21N3O2. The second kappa shape index (κ2) is 5.82. The quantitative estimate of drug-likeness (QED) is 0.852. The monoisotopic (exact) mass is 323 g/mol. The predicted octanol–water partition coefficient (Wildman–Crippen LogP) is 2.44. The van der Waals surface area contributed by atoms with Crippen molar-refractivity contribution in [2.24, 2.45) is 7.05 Å². The lowest BCUT2D eigenvalue weighted by Gasteiger charge is -2.39. The largest absolute Gasteiger partial charge is 0.347 e. The van der Waals surface area contributed by atoms with E-state index in [2.05, 4.69) is 0 Å². The Morgan fingerprint density at radius 3 is 2.54 bits per heavy atom. The minimum atomic E-state index is 0.0670. The van der Waals surface area contributed by atoms with Crippen LogP contribution in [0.1, 0.15) is 29.8 Å². The summed E-state index contributed by atoms with van der Waals surface area (Å²) in [5.74, 6) is 0.230. The van der Waals surface area contributed by atoms with E-state index in [1.807, 2.05) is 70.1 Å². The maximum absolute atomic E-state index is 12.9. The van der Waals surface area contributed by atoms with Crippen LogP contribution in [0.2, 0.25) is 0 Å². The predicted molar refractivity (Wildman–Crippen MR) is 91.8 cm³/mol. The fourth-order valence-corrected chi connectivity index (χ4v) is 4.07. The molecule has 5 nitrogen and oxygen atoms in total. The van der Waals surface area contributed by atoms with Crippen LogP contribution in [0.3, 0.4) is 0 Å². The Morgan fingerprint density at radius 1 is 1.04 bits per heavy atom. The fraction of sp³-hybridized carbons (Fsp3) is 0.368. The Labute approximate surface area is 141 Å². The molecule has 0 bridgehead atoms. The minimum absolute atomic E-state index is 0.0670. The summed E-state index contributed by atoms with van der Waals surface area (Å²) in [6.45, 7) is 0.704. The van der Waals surface area contributed by atoms with Gasteiger partial charge in [-0.3, -0.25) is 9.59 Å². The van der Waals surface area contributed by atoms with Crippen LogP contribution in [0, 0.1) is 0 Å². The summed E-state index contributed by atoms with van der Waals surface area (Å²) in [5, 5.41) is 0. The lowest BCUT2D eigenvalue weighted by Crippen LogP contribution is -2.53. The molecular weight excluding hydrogens is 302 g/mol. The standard InChI is InChI=1S/C19H21N3O2/c1-20-12-5-8-17(20)19(24)21-13-11-16-15(21)9-10-18(23)22(16)14-6-3-2-4-7-14/h2-8,12,15-16H,9-11,13H2,1H3/t15-,16-/m0/s1. The molecule has 3 heterocycles. The molecule has 2 saturated heterocycles. The van der Waals surface area contributed by atoms with Crippen molar-refractivity contribution in [2.45, 2.75) is 31.3 Å². The molecule has 124 valence electrons. The fourth-order valence-electron chi connectivity index (χ4n) is 4.07. The van der Waals surface area contributed by atoms with Gasteiger partial charge in [0.1, 0.15) is 5.69 Å². The Balaban J connectivity index is 1.62. The zero-order chi connectivity index (χ0) is 16.7. The van der Waals surface area contributed by atoms with E-state index in [4.69, 9.17) is 0 Å². The van der Waals surface area contributed by atoms with Gasteiger partial charge < -0.3 is 14.4 Å². The van der Waals surface area contributed by atoms with E-state index < -0.39 is 0 Å². The molecule has 0 N–H and O–H groups in total. The van der Waals surface area contributed by atoms with Crippen molar-refractivity contribution in [3.63, 3.8) is 0 Å². The summed E-state index contributed by atoms with van der Waals surface area (Å²) >= 11 is 0. The van der Waals surface area contributed by atoms with Crippen molar-refractivity contribution in [3.05, 3.63) is 54.4 Å². The molecule has 2 amide bonds. The molecule has 0 radical (unpaired) electrons. The topological polar surface area (TPSA) is 45.6 Å². The highest BCUT2D eigenvalue weighted by Crippen LogP contribution is 2.35. The van der Waals surface area contributed by atoms with Crippen LogP contribution in [-0.2, 0) is 11.8 Å². The Bertz CT molecular complexity index is 768. The highest BCUT2D eigenvalue weighted by molar-refractivity contribution is 5.97.